The van der Waals surface area contributed by atoms with Crippen LogP contribution in [0.3, 0.4) is 0 Å². The Morgan fingerprint density at radius 3 is 3.06 bits per heavy atom. The molecule has 0 radical (unpaired) electrons. The summed E-state index contributed by atoms with van der Waals surface area (Å²) in [6.45, 7) is 2.89. The first-order chi connectivity index (χ1) is 8.79. The van der Waals surface area contributed by atoms with Gasteiger partial charge in [0.05, 0.1) is 16.0 Å². The predicted octanol–water partition coefficient (Wildman–Crippen LogP) is 3.30. The number of unbranched alkanes of at least 4 members (excludes halogenated alkanes) is 1. The van der Waals surface area contributed by atoms with Crippen LogP contribution in [-0.2, 0) is 4.79 Å². The summed E-state index contributed by atoms with van der Waals surface area (Å²) >= 11 is 3.15. The minimum absolute atomic E-state index is 0.0905. The van der Waals surface area contributed by atoms with Gasteiger partial charge in [0.2, 0.25) is 5.91 Å². The largest absolute Gasteiger partial charge is 0.355 e. The van der Waals surface area contributed by atoms with Gasteiger partial charge in [-0.05, 0) is 18.6 Å². The molecule has 0 saturated carbocycles. The summed E-state index contributed by atoms with van der Waals surface area (Å²) in [5, 5.41) is 2.90. The highest BCUT2D eigenvalue weighted by atomic mass is 32.2. The van der Waals surface area contributed by atoms with Gasteiger partial charge in [-0.3, -0.25) is 4.79 Å². The Labute approximate surface area is 115 Å². The highest BCUT2D eigenvalue weighted by Gasteiger charge is 2.06. The van der Waals surface area contributed by atoms with Gasteiger partial charge in [-0.1, -0.05) is 37.2 Å². The lowest BCUT2D eigenvalue weighted by Crippen LogP contribution is -2.25. The average molecular weight is 280 g/mol. The number of nitrogens with zero attached hydrogens (tertiary/aromatic N) is 1. The van der Waals surface area contributed by atoms with E-state index in [9.17, 15) is 4.79 Å². The Morgan fingerprint density at radius 2 is 2.28 bits per heavy atom. The highest BCUT2D eigenvalue weighted by Crippen LogP contribution is 2.28. The molecule has 96 valence electrons. The third-order valence-electron chi connectivity index (χ3n) is 2.45. The van der Waals surface area contributed by atoms with Crippen molar-refractivity contribution < 1.29 is 4.79 Å². The molecule has 0 aliphatic carbocycles. The van der Waals surface area contributed by atoms with Crippen LogP contribution in [0.15, 0.2) is 28.6 Å². The quantitative estimate of drug-likeness (QED) is 0.652. The number of hydrogen-bond acceptors (Lipinski definition) is 4. The molecule has 0 fully saturated rings. The summed E-state index contributed by atoms with van der Waals surface area (Å²) in [5.74, 6) is 0.538. The van der Waals surface area contributed by atoms with Gasteiger partial charge in [0.15, 0.2) is 4.34 Å². The van der Waals surface area contributed by atoms with Gasteiger partial charge in [-0.2, -0.15) is 0 Å². The van der Waals surface area contributed by atoms with E-state index in [0.717, 1.165) is 29.2 Å². The van der Waals surface area contributed by atoms with E-state index in [-0.39, 0.29) is 5.91 Å². The Hall–Kier alpha value is -1.07. The van der Waals surface area contributed by atoms with Crippen molar-refractivity contribution in [3.05, 3.63) is 24.3 Å². The predicted molar refractivity (Wildman–Crippen MR) is 78.3 cm³/mol. The third kappa shape index (κ3) is 3.71. The second kappa shape index (κ2) is 6.75. The van der Waals surface area contributed by atoms with E-state index in [4.69, 9.17) is 0 Å². The van der Waals surface area contributed by atoms with Crippen molar-refractivity contribution in [1.29, 1.82) is 0 Å². The smallest absolute Gasteiger partial charge is 0.230 e. The van der Waals surface area contributed by atoms with Gasteiger partial charge >= 0.3 is 0 Å². The summed E-state index contributed by atoms with van der Waals surface area (Å²) in [6.07, 6.45) is 2.14. The zero-order chi connectivity index (χ0) is 12.8. The minimum Gasteiger partial charge on any atom is -0.355 e. The van der Waals surface area contributed by atoms with Crippen LogP contribution < -0.4 is 5.32 Å². The Balaban J connectivity index is 1.84. The monoisotopic (exact) mass is 280 g/mol. The Bertz CT molecular complexity index is 491. The van der Waals surface area contributed by atoms with E-state index in [1.807, 2.05) is 18.2 Å². The number of nitrogens with one attached hydrogen (secondary N) is 1. The van der Waals surface area contributed by atoms with Gasteiger partial charge in [0, 0.05) is 6.54 Å². The van der Waals surface area contributed by atoms with Crippen LogP contribution in [0.2, 0.25) is 0 Å². The fraction of sp³-hybridized carbons (Fsp3) is 0.385. The molecule has 0 atom stereocenters. The zero-order valence-corrected chi connectivity index (χ0v) is 11.9. The van der Waals surface area contributed by atoms with Gasteiger partial charge < -0.3 is 5.32 Å². The molecule has 0 unspecified atom stereocenters. The number of carbonyl (C=O) groups excluding carboxylic acids is 1. The molecule has 1 aromatic carbocycles. The molecule has 0 aliphatic heterocycles. The number of fused-ring (bicyclic) bond motifs is 1. The molecule has 1 heterocycles. The highest BCUT2D eigenvalue weighted by molar-refractivity contribution is 8.01. The van der Waals surface area contributed by atoms with Crippen molar-refractivity contribution in [3.63, 3.8) is 0 Å². The Kier molecular flexibility index (Phi) is 5.01. The fourth-order valence-corrected chi connectivity index (χ4v) is 3.39. The maximum absolute atomic E-state index is 11.6. The van der Waals surface area contributed by atoms with Gasteiger partial charge in [0.1, 0.15) is 0 Å². The topological polar surface area (TPSA) is 42.0 Å². The van der Waals surface area contributed by atoms with Gasteiger partial charge in [-0.15, -0.1) is 11.3 Å². The van der Waals surface area contributed by atoms with E-state index in [2.05, 4.69) is 23.3 Å². The zero-order valence-electron chi connectivity index (χ0n) is 10.3. The van der Waals surface area contributed by atoms with Crippen molar-refractivity contribution in [2.24, 2.45) is 0 Å². The molecule has 1 amide bonds. The molecule has 3 nitrogen and oxygen atoms in total. The van der Waals surface area contributed by atoms with Crippen LogP contribution in [0, 0.1) is 0 Å². The molecule has 0 bridgehead atoms. The Morgan fingerprint density at radius 1 is 1.44 bits per heavy atom. The molecule has 0 saturated heterocycles. The van der Waals surface area contributed by atoms with Crippen molar-refractivity contribution in [3.8, 4) is 0 Å². The van der Waals surface area contributed by atoms with Crippen molar-refractivity contribution in [2.75, 3.05) is 12.3 Å². The number of para-hydroxylation sites is 1. The summed E-state index contributed by atoms with van der Waals surface area (Å²) < 4.78 is 2.13. The first-order valence-corrected chi connectivity index (χ1v) is 7.85. The maximum Gasteiger partial charge on any atom is 0.230 e. The van der Waals surface area contributed by atoms with E-state index >= 15 is 0 Å². The molecule has 0 aliphatic rings. The SMILES string of the molecule is CCCCNC(=O)CSc1nc2ccccc2s1. The van der Waals surface area contributed by atoms with Crippen LogP contribution in [0.4, 0.5) is 0 Å². The molecule has 0 spiro atoms. The number of hydrogen-bond donors (Lipinski definition) is 1. The summed E-state index contributed by atoms with van der Waals surface area (Å²) in [6, 6.07) is 8.04. The summed E-state index contributed by atoms with van der Waals surface area (Å²) in [4.78, 5) is 16.0. The number of amides is 1. The normalized spacial score (nSPS) is 10.7. The molecule has 1 aromatic heterocycles. The number of benzene rings is 1. The van der Waals surface area contributed by atoms with Crippen molar-refractivity contribution >= 4 is 39.2 Å². The number of rotatable bonds is 6. The van der Waals surface area contributed by atoms with Crippen LogP contribution in [0.5, 0.6) is 0 Å². The van der Waals surface area contributed by atoms with Gasteiger partial charge in [-0.25, -0.2) is 4.98 Å². The summed E-state index contributed by atoms with van der Waals surface area (Å²) in [7, 11) is 0. The van der Waals surface area contributed by atoms with E-state index in [1.165, 1.54) is 16.5 Å². The molecule has 2 aromatic rings. The van der Waals surface area contributed by atoms with Gasteiger partial charge in [0.25, 0.3) is 0 Å². The van der Waals surface area contributed by atoms with E-state index in [1.54, 1.807) is 11.3 Å². The third-order valence-corrected chi connectivity index (χ3v) is 4.63. The number of aromatic nitrogens is 1. The maximum atomic E-state index is 11.6. The lowest BCUT2D eigenvalue weighted by molar-refractivity contribution is -0.118. The minimum atomic E-state index is 0.0905. The molecule has 1 N–H and O–H groups in total. The molecule has 2 rings (SSSR count). The molecular formula is C13H16N2OS2. The number of carbonyl (C=O) groups is 1. The fourth-order valence-electron chi connectivity index (χ4n) is 1.50. The molecular weight excluding hydrogens is 264 g/mol. The average Bonchev–Trinajstić information content (AvgIpc) is 2.79. The molecule has 5 heteroatoms. The van der Waals surface area contributed by atoms with Crippen molar-refractivity contribution in [1.82, 2.24) is 10.3 Å². The van der Waals surface area contributed by atoms with Crippen LogP contribution >= 0.6 is 23.1 Å². The lowest BCUT2D eigenvalue weighted by Gasteiger charge is -2.01. The van der Waals surface area contributed by atoms with E-state index in [0.29, 0.717) is 5.75 Å². The first kappa shape index (κ1) is 13.4. The second-order valence-corrected chi connectivity index (χ2v) is 6.19. The van der Waals surface area contributed by atoms with Crippen LogP contribution in [0.25, 0.3) is 10.2 Å². The number of thioether (sulfide) groups is 1. The standard InChI is InChI=1S/C13H16N2OS2/c1-2-3-8-14-12(16)9-17-13-15-10-6-4-5-7-11(10)18-13/h4-7H,2-3,8-9H2,1H3,(H,14,16). The summed E-state index contributed by atoms with van der Waals surface area (Å²) in [5.41, 5.74) is 1.01. The molecule has 18 heavy (non-hydrogen) atoms. The second-order valence-electron chi connectivity index (χ2n) is 3.94. The first-order valence-electron chi connectivity index (χ1n) is 6.04. The van der Waals surface area contributed by atoms with Crippen molar-refractivity contribution in [2.45, 2.75) is 24.1 Å². The van der Waals surface area contributed by atoms with Crippen LogP contribution in [0.1, 0.15) is 19.8 Å². The van der Waals surface area contributed by atoms with E-state index < -0.39 is 0 Å². The number of thiazole rings is 1. The lowest BCUT2D eigenvalue weighted by atomic mass is 10.3. The van der Waals surface area contributed by atoms with Crippen LogP contribution in [-0.4, -0.2) is 23.2 Å².